The number of rotatable bonds is 2. The maximum atomic E-state index is 3.58. The Kier molecular flexibility index (Phi) is 9.94. The lowest BCUT2D eigenvalue weighted by Crippen LogP contribution is -2.07. The fourth-order valence-corrected chi connectivity index (χ4v) is 0.320. The van der Waals surface area contributed by atoms with Gasteiger partial charge in [-0.3, -0.25) is 0 Å². The second kappa shape index (κ2) is 8.28. The van der Waals surface area contributed by atoms with E-state index in [9.17, 15) is 0 Å². The number of nitrogens with zero attached hydrogens (tertiary/aromatic N) is 1. The van der Waals surface area contributed by atoms with Crippen LogP contribution in [0.25, 0.3) is 0 Å². The molecule has 0 aliphatic heterocycles. The lowest BCUT2D eigenvalue weighted by Gasteiger charge is -2.10. The van der Waals surface area contributed by atoms with E-state index in [-0.39, 0.29) is 0 Å². The summed E-state index contributed by atoms with van der Waals surface area (Å²) in [5, 5.41) is 0. The van der Waals surface area contributed by atoms with E-state index in [1.807, 2.05) is 45.8 Å². The quantitative estimate of drug-likeness (QED) is 0.534. The van der Waals surface area contributed by atoms with Crippen molar-refractivity contribution in [3.05, 3.63) is 24.4 Å². The molecule has 1 nitrogen and oxygen atoms in total. The Balaban J connectivity index is 0. The molecule has 1 heteroatoms. The third-order valence-electron chi connectivity index (χ3n) is 1.06. The van der Waals surface area contributed by atoms with E-state index < -0.39 is 0 Å². The third kappa shape index (κ3) is 7.28. The molecule has 0 radical (unpaired) electrons. The first kappa shape index (κ1) is 12.0. The van der Waals surface area contributed by atoms with Crippen molar-refractivity contribution in [3.63, 3.8) is 0 Å². The molecule has 0 aromatic heterocycles. The molecule has 0 aliphatic carbocycles. The zero-order chi connectivity index (χ0) is 8.57. The van der Waals surface area contributed by atoms with Crippen LogP contribution >= 0.6 is 0 Å². The minimum absolute atomic E-state index is 1.22. The Morgan fingerprint density at radius 2 is 1.70 bits per heavy atom. The SMILES string of the molecule is C=C/C=C(/C)N(C)C.CC. The van der Waals surface area contributed by atoms with E-state index in [0.717, 1.165) is 0 Å². The van der Waals surface area contributed by atoms with Crippen LogP contribution in [0.4, 0.5) is 0 Å². The van der Waals surface area contributed by atoms with E-state index in [2.05, 4.69) is 6.58 Å². The van der Waals surface area contributed by atoms with E-state index in [0.29, 0.717) is 0 Å². The highest BCUT2D eigenvalue weighted by molar-refractivity contribution is 5.05. The summed E-state index contributed by atoms with van der Waals surface area (Å²) in [5.74, 6) is 0. The van der Waals surface area contributed by atoms with Crippen LogP contribution in [0.5, 0.6) is 0 Å². The molecule has 0 spiro atoms. The molecule has 0 heterocycles. The molecule has 60 valence electrons. The summed E-state index contributed by atoms with van der Waals surface area (Å²) in [7, 11) is 4.02. The summed E-state index contributed by atoms with van der Waals surface area (Å²) in [5.41, 5.74) is 1.22. The van der Waals surface area contributed by atoms with Gasteiger partial charge in [-0.15, -0.1) is 0 Å². The predicted octanol–water partition coefficient (Wildman–Crippen LogP) is 2.66. The molecule has 0 N–H and O–H groups in total. The Labute approximate surface area is 65.0 Å². The van der Waals surface area contributed by atoms with Crippen LogP contribution in [-0.4, -0.2) is 19.0 Å². The summed E-state index contributed by atoms with van der Waals surface area (Å²) in [6.07, 6.45) is 3.76. The molecular formula is C9H19N. The minimum Gasteiger partial charge on any atom is -0.381 e. The van der Waals surface area contributed by atoms with Gasteiger partial charge in [0.25, 0.3) is 0 Å². The molecule has 0 unspecified atom stereocenters. The molecule has 0 rings (SSSR count). The van der Waals surface area contributed by atoms with Crippen molar-refractivity contribution in [2.24, 2.45) is 0 Å². The highest BCUT2D eigenvalue weighted by atomic mass is 15.1. The normalized spacial score (nSPS) is 9.50. The van der Waals surface area contributed by atoms with Crippen molar-refractivity contribution in [2.45, 2.75) is 20.8 Å². The molecule has 0 saturated carbocycles. The summed E-state index contributed by atoms with van der Waals surface area (Å²) in [4.78, 5) is 2.04. The van der Waals surface area contributed by atoms with Gasteiger partial charge in [-0.1, -0.05) is 26.5 Å². The first-order valence-electron chi connectivity index (χ1n) is 3.65. The highest BCUT2D eigenvalue weighted by Crippen LogP contribution is 1.93. The number of allylic oxidation sites excluding steroid dienone is 3. The average molecular weight is 141 g/mol. The van der Waals surface area contributed by atoms with E-state index in [1.165, 1.54) is 5.70 Å². The molecule has 0 saturated heterocycles. The van der Waals surface area contributed by atoms with Crippen LogP contribution in [0, 0.1) is 0 Å². The molecule has 0 bridgehead atoms. The summed E-state index contributed by atoms with van der Waals surface area (Å²) in [6, 6.07) is 0. The van der Waals surface area contributed by atoms with Gasteiger partial charge in [-0.05, 0) is 13.0 Å². The molecule has 10 heavy (non-hydrogen) atoms. The second-order valence-corrected chi connectivity index (χ2v) is 1.94. The zero-order valence-corrected chi connectivity index (χ0v) is 7.81. The van der Waals surface area contributed by atoms with Crippen molar-refractivity contribution < 1.29 is 0 Å². The average Bonchev–Trinajstić information content (AvgIpc) is 1.93. The monoisotopic (exact) mass is 141 g/mol. The molecule has 0 amide bonds. The Morgan fingerprint density at radius 1 is 1.30 bits per heavy atom. The number of hydrogen-bond acceptors (Lipinski definition) is 1. The standard InChI is InChI=1S/C7H13N.C2H6/c1-5-6-7(2)8(3)4;1-2/h5-6H,1H2,2-4H3;1-2H3/b7-6-;. The maximum Gasteiger partial charge on any atom is 0.00956 e. The van der Waals surface area contributed by atoms with Gasteiger partial charge in [0, 0.05) is 19.8 Å². The first-order chi connectivity index (χ1) is 4.68. The van der Waals surface area contributed by atoms with Gasteiger partial charge >= 0.3 is 0 Å². The highest BCUT2D eigenvalue weighted by Gasteiger charge is 1.84. The molecule has 0 aliphatic rings. The topological polar surface area (TPSA) is 3.24 Å². The van der Waals surface area contributed by atoms with Crippen LogP contribution in [0.1, 0.15) is 20.8 Å². The molecule has 0 aromatic rings. The largest absolute Gasteiger partial charge is 0.381 e. The molecule has 0 atom stereocenters. The zero-order valence-electron chi connectivity index (χ0n) is 7.81. The molecule has 0 fully saturated rings. The van der Waals surface area contributed by atoms with E-state index in [1.54, 1.807) is 6.08 Å². The van der Waals surface area contributed by atoms with Crippen molar-refractivity contribution in [1.29, 1.82) is 0 Å². The van der Waals surface area contributed by atoms with Crippen molar-refractivity contribution in [3.8, 4) is 0 Å². The van der Waals surface area contributed by atoms with Crippen molar-refractivity contribution >= 4 is 0 Å². The Morgan fingerprint density at radius 3 is 1.80 bits per heavy atom. The molecule has 0 aromatic carbocycles. The van der Waals surface area contributed by atoms with Crippen LogP contribution in [-0.2, 0) is 0 Å². The van der Waals surface area contributed by atoms with Crippen LogP contribution in [0.15, 0.2) is 24.4 Å². The predicted molar refractivity (Wildman–Crippen MR) is 49.0 cm³/mol. The fourth-order valence-electron chi connectivity index (χ4n) is 0.320. The number of hydrogen-bond donors (Lipinski definition) is 0. The lowest BCUT2D eigenvalue weighted by molar-refractivity contribution is 0.514. The fraction of sp³-hybridized carbons (Fsp3) is 0.556. The second-order valence-electron chi connectivity index (χ2n) is 1.94. The van der Waals surface area contributed by atoms with Crippen molar-refractivity contribution in [2.75, 3.05) is 14.1 Å². The summed E-state index contributed by atoms with van der Waals surface area (Å²) < 4.78 is 0. The van der Waals surface area contributed by atoms with E-state index in [4.69, 9.17) is 0 Å². The maximum absolute atomic E-state index is 3.58. The lowest BCUT2D eigenvalue weighted by atomic mass is 10.4. The Bertz CT molecular complexity index is 101. The van der Waals surface area contributed by atoms with Crippen LogP contribution in [0.2, 0.25) is 0 Å². The van der Waals surface area contributed by atoms with Gasteiger partial charge in [0.1, 0.15) is 0 Å². The van der Waals surface area contributed by atoms with Gasteiger partial charge in [-0.2, -0.15) is 0 Å². The van der Waals surface area contributed by atoms with Gasteiger partial charge in [0.2, 0.25) is 0 Å². The van der Waals surface area contributed by atoms with Gasteiger partial charge in [-0.25, -0.2) is 0 Å². The minimum atomic E-state index is 1.22. The smallest absolute Gasteiger partial charge is 0.00956 e. The van der Waals surface area contributed by atoms with E-state index >= 15 is 0 Å². The Hall–Kier alpha value is -0.720. The summed E-state index contributed by atoms with van der Waals surface area (Å²) in [6.45, 7) is 9.62. The molecular weight excluding hydrogens is 122 g/mol. The van der Waals surface area contributed by atoms with Crippen molar-refractivity contribution in [1.82, 2.24) is 4.90 Å². The third-order valence-corrected chi connectivity index (χ3v) is 1.06. The van der Waals surface area contributed by atoms with Crippen LogP contribution < -0.4 is 0 Å². The first-order valence-corrected chi connectivity index (χ1v) is 3.65. The summed E-state index contributed by atoms with van der Waals surface area (Å²) >= 11 is 0. The van der Waals surface area contributed by atoms with Gasteiger partial charge in [0.15, 0.2) is 0 Å². The van der Waals surface area contributed by atoms with Crippen LogP contribution in [0.3, 0.4) is 0 Å². The van der Waals surface area contributed by atoms with Gasteiger partial charge < -0.3 is 4.90 Å². The van der Waals surface area contributed by atoms with Gasteiger partial charge in [0.05, 0.1) is 0 Å².